The van der Waals surface area contributed by atoms with Crippen molar-refractivity contribution in [2.75, 3.05) is 40.3 Å². The molecule has 0 saturated heterocycles. The van der Waals surface area contributed by atoms with E-state index in [0.717, 1.165) is 11.4 Å². The molecule has 31 heavy (non-hydrogen) atoms. The van der Waals surface area contributed by atoms with Gasteiger partial charge in [-0.05, 0) is 54.6 Å². The molecule has 0 aliphatic heterocycles. The van der Waals surface area contributed by atoms with Crippen LogP contribution in [0.2, 0.25) is 0 Å². The minimum Gasteiger partial charge on any atom is -0.378 e. The molecule has 0 aliphatic rings. The number of urea groups is 1. The summed E-state index contributed by atoms with van der Waals surface area (Å²) in [4.78, 5) is 34.2. The number of aromatic nitrogens is 2. The average molecular weight is 417 g/mol. The Morgan fingerprint density at radius 3 is 2.32 bits per heavy atom. The number of rotatable bonds is 7. The van der Waals surface area contributed by atoms with Crippen LogP contribution >= 0.6 is 0 Å². The number of nitrogens with zero attached hydrogens (tertiary/aromatic N) is 3. The fourth-order valence-corrected chi connectivity index (χ4v) is 2.61. The standard InChI is InChI=1S/C22H23N7O2/c1-4-20(30)24-16-6-5-7-17(14-16)26-22(31)28-19-12-13-23-21(27-19)25-15-8-10-18(11-9-15)29(2)3/h4-14H,1H2,2-3H3,(H,24,30)(H3,23,25,26,27,28,31). The highest BCUT2D eigenvalue weighted by Gasteiger charge is 2.07. The smallest absolute Gasteiger partial charge is 0.324 e. The van der Waals surface area contributed by atoms with Gasteiger partial charge in [0.2, 0.25) is 11.9 Å². The van der Waals surface area contributed by atoms with Crippen LogP contribution in [0.3, 0.4) is 0 Å². The van der Waals surface area contributed by atoms with Crippen molar-refractivity contribution in [3.05, 3.63) is 73.4 Å². The molecule has 3 amide bonds. The fraction of sp³-hybridized carbons (Fsp3) is 0.0909. The first-order chi connectivity index (χ1) is 14.9. The zero-order valence-corrected chi connectivity index (χ0v) is 17.2. The quantitative estimate of drug-likeness (QED) is 0.432. The van der Waals surface area contributed by atoms with Crippen LogP contribution in [0.5, 0.6) is 0 Å². The van der Waals surface area contributed by atoms with Gasteiger partial charge in [-0.2, -0.15) is 4.98 Å². The van der Waals surface area contributed by atoms with Crippen molar-refractivity contribution in [1.29, 1.82) is 0 Å². The van der Waals surface area contributed by atoms with E-state index in [0.29, 0.717) is 23.1 Å². The largest absolute Gasteiger partial charge is 0.378 e. The molecule has 4 N–H and O–H groups in total. The Morgan fingerprint density at radius 2 is 1.65 bits per heavy atom. The normalized spacial score (nSPS) is 10.0. The molecular formula is C22H23N7O2. The summed E-state index contributed by atoms with van der Waals surface area (Å²) in [5.41, 5.74) is 2.95. The van der Waals surface area contributed by atoms with E-state index in [1.807, 2.05) is 43.3 Å². The molecular weight excluding hydrogens is 394 g/mol. The van der Waals surface area contributed by atoms with Crippen molar-refractivity contribution in [2.24, 2.45) is 0 Å². The molecule has 0 spiro atoms. The summed E-state index contributed by atoms with van der Waals surface area (Å²) < 4.78 is 0. The predicted molar refractivity (Wildman–Crippen MR) is 124 cm³/mol. The molecule has 0 saturated carbocycles. The third kappa shape index (κ3) is 6.29. The molecule has 9 nitrogen and oxygen atoms in total. The zero-order chi connectivity index (χ0) is 22.2. The third-order valence-corrected chi connectivity index (χ3v) is 4.11. The maximum absolute atomic E-state index is 12.3. The molecule has 0 atom stereocenters. The van der Waals surface area contributed by atoms with Gasteiger partial charge in [-0.15, -0.1) is 0 Å². The summed E-state index contributed by atoms with van der Waals surface area (Å²) in [6, 6.07) is 15.6. The Bertz CT molecular complexity index is 1080. The molecule has 0 fully saturated rings. The summed E-state index contributed by atoms with van der Waals surface area (Å²) in [6.07, 6.45) is 2.72. The average Bonchev–Trinajstić information content (AvgIpc) is 2.74. The number of amides is 3. The first kappa shape index (κ1) is 21.3. The molecule has 1 aromatic heterocycles. The summed E-state index contributed by atoms with van der Waals surface area (Å²) in [5.74, 6) is 0.347. The minimum atomic E-state index is -0.479. The molecule has 0 bridgehead atoms. The molecule has 0 radical (unpaired) electrons. The van der Waals surface area contributed by atoms with Crippen molar-refractivity contribution in [1.82, 2.24) is 9.97 Å². The third-order valence-electron chi connectivity index (χ3n) is 4.11. The monoisotopic (exact) mass is 417 g/mol. The Morgan fingerprint density at radius 1 is 0.935 bits per heavy atom. The first-order valence-corrected chi connectivity index (χ1v) is 9.42. The van der Waals surface area contributed by atoms with Crippen LogP contribution in [0, 0.1) is 0 Å². The second-order valence-electron chi connectivity index (χ2n) is 6.69. The number of hydrogen-bond acceptors (Lipinski definition) is 6. The van der Waals surface area contributed by atoms with E-state index in [9.17, 15) is 9.59 Å². The van der Waals surface area contributed by atoms with Gasteiger partial charge in [-0.3, -0.25) is 10.1 Å². The molecule has 158 valence electrons. The summed E-state index contributed by atoms with van der Waals surface area (Å²) >= 11 is 0. The van der Waals surface area contributed by atoms with E-state index in [2.05, 4.69) is 37.8 Å². The van der Waals surface area contributed by atoms with Gasteiger partial charge in [0.1, 0.15) is 5.82 Å². The number of nitrogens with one attached hydrogen (secondary N) is 4. The lowest BCUT2D eigenvalue weighted by molar-refractivity contribution is -0.111. The minimum absolute atomic E-state index is 0.330. The Labute approximate surface area is 180 Å². The van der Waals surface area contributed by atoms with E-state index in [4.69, 9.17) is 0 Å². The van der Waals surface area contributed by atoms with Crippen LogP contribution < -0.4 is 26.2 Å². The number of hydrogen-bond donors (Lipinski definition) is 4. The number of benzene rings is 2. The van der Waals surface area contributed by atoms with Crippen molar-refractivity contribution in [3.63, 3.8) is 0 Å². The summed E-state index contributed by atoms with van der Waals surface area (Å²) in [5, 5.41) is 11.1. The topological polar surface area (TPSA) is 111 Å². The lowest BCUT2D eigenvalue weighted by Crippen LogP contribution is -2.20. The van der Waals surface area contributed by atoms with Gasteiger partial charge in [0, 0.05) is 43.0 Å². The summed E-state index contributed by atoms with van der Waals surface area (Å²) in [6.45, 7) is 3.41. The molecule has 0 aliphatic carbocycles. The van der Waals surface area contributed by atoms with Crippen molar-refractivity contribution in [2.45, 2.75) is 0 Å². The van der Waals surface area contributed by atoms with Crippen molar-refractivity contribution < 1.29 is 9.59 Å². The predicted octanol–water partition coefficient (Wildman–Crippen LogP) is 4.05. The van der Waals surface area contributed by atoms with E-state index >= 15 is 0 Å². The highest BCUT2D eigenvalue weighted by Crippen LogP contribution is 2.19. The second-order valence-corrected chi connectivity index (χ2v) is 6.69. The Hall–Kier alpha value is -4.40. The number of carbonyl (C=O) groups is 2. The fourth-order valence-electron chi connectivity index (χ4n) is 2.61. The van der Waals surface area contributed by atoms with Gasteiger partial charge >= 0.3 is 6.03 Å². The van der Waals surface area contributed by atoms with Crippen LogP contribution in [0.25, 0.3) is 0 Å². The van der Waals surface area contributed by atoms with E-state index in [1.165, 1.54) is 6.08 Å². The van der Waals surface area contributed by atoms with Crippen LogP contribution in [-0.4, -0.2) is 36.0 Å². The summed E-state index contributed by atoms with van der Waals surface area (Å²) in [7, 11) is 3.94. The maximum atomic E-state index is 12.3. The maximum Gasteiger partial charge on any atom is 0.324 e. The van der Waals surface area contributed by atoms with Crippen LogP contribution in [0.15, 0.2) is 73.4 Å². The van der Waals surface area contributed by atoms with Crippen LogP contribution in [-0.2, 0) is 4.79 Å². The van der Waals surface area contributed by atoms with Gasteiger partial charge in [-0.25, -0.2) is 9.78 Å². The van der Waals surface area contributed by atoms with E-state index in [1.54, 1.807) is 36.5 Å². The lowest BCUT2D eigenvalue weighted by atomic mass is 10.2. The van der Waals surface area contributed by atoms with Crippen molar-refractivity contribution in [3.8, 4) is 0 Å². The van der Waals surface area contributed by atoms with Gasteiger partial charge in [-0.1, -0.05) is 12.6 Å². The second kappa shape index (κ2) is 9.88. The van der Waals surface area contributed by atoms with Crippen LogP contribution in [0.1, 0.15) is 0 Å². The van der Waals surface area contributed by atoms with E-state index in [-0.39, 0.29) is 5.91 Å². The molecule has 1 heterocycles. The molecule has 9 heteroatoms. The Kier molecular flexibility index (Phi) is 6.79. The molecule has 3 rings (SSSR count). The number of anilines is 6. The van der Waals surface area contributed by atoms with E-state index < -0.39 is 6.03 Å². The zero-order valence-electron chi connectivity index (χ0n) is 17.2. The lowest BCUT2D eigenvalue weighted by Gasteiger charge is -2.13. The van der Waals surface area contributed by atoms with Crippen molar-refractivity contribution >= 4 is 46.5 Å². The molecule has 0 unspecified atom stereocenters. The first-order valence-electron chi connectivity index (χ1n) is 9.42. The SMILES string of the molecule is C=CC(=O)Nc1cccc(NC(=O)Nc2ccnc(Nc3ccc(N(C)C)cc3)n2)c1. The van der Waals surface area contributed by atoms with Gasteiger partial charge in [0.15, 0.2) is 0 Å². The molecule has 3 aromatic rings. The van der Waals surface area contributed by atoms with Gasteiger partial charge < -0.3 is 20.9 Å². The Balaban J connectivity index is 1.61. The number of carbonyl (C=O) groups excluding carboxylic acids is 2. The highest BCUT2D eigenvalue weighted by atomic mass is 16.2. The van der Waals surface area contributed by atoms with Gasteiger partial charge in [0.05, 0.1) is 0 Å². The van der Waals surface area contributed by atoms with Gasteiger partial charge in [0.25, 0.3) is 0 Å². The highest BCUT2D eigenvalue weighted by molar-refractivity contribution is 6.01. The van der Waals surface area contributed by atoms with Crippen LogP contribution in [0.4, 0.5) is 39.3 Å². The molecule has 2 aromatic carbocycles.